The molecule has 0 aliphatic carbocycles. The van der Waals surface area contributed by atoms with Crippen molar-refractivity contribution in [2.45, 2.75) is 51.4 Å². The number of hydrogen-bond acceptors (Lipinski definition) is 5. The van der Waals surface area contributed by atoms with Crippen molar-refractivity contribution in [2.75, 3.05) is 13.2 Å². The van der Waals surface area contributed by atoms with Gasteiger partial charge in [-0.05, 0) is 34.1 Å². The molecule has 0 spiro atoms. The molecule has 2 fully saturated rings. The van der Waals surface area contributed by atoms with E-state index in [0.717, 1.165) is 18.6 Å². The van der Waals surface area contributed by atoms with Crippen molar-refractivity contribution in [3.63, 3.8) is 0 Å². The second-order valence-electron chi connectivity index (χ2n) is 6.23. The van der Waals surface area contributed by atoms with Crippen LogP contribution in [0.3, 0.4) is 0 Å². The predicted molar refractivity (Wildman–Crippen MR) is 70.2 cm³/mol. The second-order valence-corrected chi connectivity index (χ2v) is 6.23. The van der Waals surface area contributed by atoms with Gasteiger partial charge in [0.1, 0.15) is 5.59 Å². The Balaban J connectivity index is 1.77. The Morgan fingerprint density at radius 1 is 1.26 bits per heavy atom. The van der Waals surface area contributed by atoms with E-state index in [0.29, 0.717) is 6.61 Å². The van der Waals surface area contributed by atoms with Gasteiger partial charge in [0.15, 0.2) is 0 Å². The van der Waals surface area contributed by atoms with Crippen LogP contribution in [0, 0.1) is 0 Å². The van der Waals surface area contributed by atoms with Crippen molar-refractivity contribution < 1.29 is 14.0 Å². The van der Waals surface area contributed by atoms with Crippen LogP contribution in [-0.4, -0.2) is 46.5 Å². The third kappa shape index (κ3) is 2.20. The van der Waals surface area contributed by atoms with Crippen molar-refractivity contribution in [1.82, 2.24) is 15.0 Å². The van der Waals surface area contributed by atoms with Gasteiger partial charge >= 0.3 is 7.12 Å². The van der Waals surface area contributed by atoms with Crippen molar-refractivity contribution in [3.8, 4) is 0 Å². The van der Waals surface area contributed by atoms with E-state index in [2.05, 4.69) is 10.3 Å². The molecule has 1 atom stereocenters. The summed E-state index contributed by atoms with van der Waals surface area (Å²) in [5.74, 6) is 0. The molecule has 19 heavy (non-hydrogen) atoms. The van der Waals surface area contributed by atoms with E-state index in [4.69, 9.17) is 14.0 Å². The van der Waals surface area contributed by atoms with Crippen molar-refractivity contribution in [3.05, 3.63) is 6.20 Å². The van der Waals surface area contributed by atoms with Gasteiger partial charge in [-0.2, -0.15) is 0 Å². The molecule has 0 bridgehead atoms. The minimum absolute atomic E-state index is 0.281. The molecule has 7 heteroatoms. The average molecular weight is 265 g/mol. The van der Waals surface area contributed by atoms with E-state index in [-0.39, 0.29) is 17.2 Å². The van der Waals surface area contributed by atoms with E-state index in [9.17, 15) is 0 Å². The number of aromatic nitrogens is 3. The molecule has 104 valence electrons. The molecule has 0 N–H and O–H groups in total. The topological polar surface area (TPSA) is 58.4 Å². The summed E-state index contributed by atoms with van der Waals surface area (Å²) < 4.78 is 19.1. The first-order valence-electron chi connectivity index (χ1n) is 6.74. The Bertz CT molecular complexity index is 453. The summed E-state index contributed by atoms with van der Waals surface area (Å²) in [6.45, 7) is 9.61. The lowest BCUT2D eigenvalue weighted by Crippen LogP contribution is -2.41. The van der Waals surface area contributed by atoms with Crippen molar-refractivity contribution in [1.29, 1.82) is 0 Å². The van der Waals surface area contributed by atoms with Crippen LogP contribution in [0.4, 0.5) is 0 Å². The van der Waals surface area contributed by atoms with Crippen LogP contribution < -0.4 is 5.59 Å². The minimum Gasteiger partial charge on any atom is -0.398 e. The Morgan fingerprint density at radius 3 is 2.53 bits per heavy atom. The average Bonchev–Trinajstić information content (AvgIpc) is 3.00. The largest absolute Gasteiger partial charge is 0.518 e. The minimum atomic E-state index is -0.443. The molecular formula is C12H20BN3O3. The summed E-state index contributed by atoms with van der Waals surface area (Å²) in [6, 6.07) is 0.281. The van der Waals surface area contributed by atoms with E-state index in [1.807, 2.05) is 38.6 Å². The summed E-state index contributed by atoms with van der Waals surface area (Å²) in [5.41, 5.74) is 0.0288. The van der Waals surface area contributed by atoms with Gasteiger partial charge in [-0.1, -0.05) is 5.21 Å². The SMILES string of the molecule is CC1(C)OB(c2cn(C3CCOC3)nn2)OC1(C)C. The highest BCUT2D eigenvalue weighted by atomic mass is 16.7. The highest BCUT2D eigenvalue weighted by molar-refractivity contribution is 6.61. The van der Waals surface area contributed by atoms with Crippen LogP contribution in [0.5, 0.6) is 0 Å². The van der Waals surface area contributed by atoms with Crippen LogP contribution in [0.15, 0.2) is 6.20 Å². The van der Waals surface area contributed by atoms with Gasteiger partial charge in [-0.15, -0.1) is 5.10 Å². The number of hydrogen-bond donors (Lipinski definition) is 0. The molecule has 0 aromatic carbocycles. The van der Waals surface area contributed by atoms with Crippen LogP contribution in [0.2, 0.25) is 0 Å². The second kappa shape index (κ2) is 4.29. The Labute approximate surface area is 113 Å². The number of ether oxygens (including phenoxy) is 1. The summed E-state index contributed by atoms with van der Waals surface area (Å²) in [7, 11) is -0.443. The normalized spacial score (nSPS) is 29.1. The third-order valence-electron chi connectivity index (χ3n) is 4.30. The molecule has 1 unspecified atom stereocenters. The predicted octanol–water partition coefficient (Wildman–Crippen LogP) is 0.539. The molecule has 1 aromatic heterocycles. The fraction of sp³-hybridized carbons (Fsp3) is 0.833. The quantitative estimate of drug-likeness (QED) is 0.730. The monoisotopic (exact) mass is 265 g/mol. The van der Waals surface area contributed by atoms with Gasteiger partial charge < -0.3 is 14.0 Å². The summed E-state index contributed by atoms with van der Waals surface area (Å²) >= 11 is 0. The van der Waals surface area contributed by atoms with E-state index in [1.54, 1.807) is 0 Å². The molecule has 1 aromatic rings. The zero-order chi connectivity index (χ0) is 13.7. The standard InChI is InChI=1S/C12H20BN3O3/c1-11(2)12(3,4)19-13(18-11)10-7-16(15-14-10)9-5-6-17-8-9/h7,9H,5-6,8H2,1-4H3. The molecule has 6 nitrogen and oxygen atoms in total. The first-order valence-corrected chi connectivity index (χ1v) is 6.74. The molecule has 3 heterocycles. The maximum absolute atomic E-state index is 5.96. The van der Waals surface area contributed by atoms with E-state index >= 15 is 0 Å². The fourth-order valence-corrected chi connectivity index (χ4v) is 2.27. The maximum Gasteiger partial charge on any atom is 0.518 e. The maximum atomic E-state index is 5.96. The Morgan fingerprint density at radius 2 is 1.95 bits per heavy atom. The molecule has 0 radical (unpaired) electrons. The molecule has 0 amide bonds. The van der Waals surface area contributed by atoms with Gasteiger partial charge in [0.25, 0.3) is 0 Å². The first-order chi connectivity index (χ1) is 8.89. The lowest BCUT2D eigenvalue weighted by atomic mass is 9.86. The van der Waals surface area contributed by atoms with Crippen molar-refractivity contribution in [2.24, 2.45) is 0 Å². The van der Waals surface area contributed by atoms with Crippen molar-refractivity contribution >= 4 is 12.7 Å². The number of rotatable bonds is 2. The smallest absolute Gasteiger partial charge is 0.398 e. The number of nitrogens with zero attached hydrogens (tertiary/aromatic N) is 3. The van der Waals surface area contributed by atoms with Gasteiger partial charge in [0.2, 0.25) is 0 Å². The molecule has 2 aliphatic heterocycles. The molecular weight excluding hydrogens is 245 g/mol. The first kappa shape index (κ1) is 13.1. The van der Waals surface area contributed by atoms with Crippen LogP contribution in [-0.2, 0) is 14.0 Å². The zero-order valence-corrected chi connectivity index (χ0v) is 11.9. The van der Waals surface area contributed by atoms with Gasteiger partial charge in [-0.25, -0.2) is 4.68 Å². The molecule has 2 saturated heterocycles. The summed E-state index contributed by atoms with van der Waals surface area (Å²) in [6.07, 6.45) is 2.88. The van der Waals surface area contributed by atoms with E-state index < -0.39 is 7.12 Å². The fourth-order valence-electron chi connectivity index (χ4n) is 2.27. The molecule has 2 aliphatic rings. The van der Waals surface area contributed by atoms with Gasteiger partial charge in [0, 0.05) is 12.8 Å². The van der Waals surface area contributed by atoms with Crippen LogP contribution in [0.1, 0.15) is 40.2 Å². The Kier molecular flexibility index (Phi) is 2.96. The van der Waals surface area contributed by atoms with Crippen LogP contribution in [0.25, 0.3) is 0 Å². The highest BCUT2D eigenvalue weighted by Gasteiger charge is 2.52. The lowest BCUT2D eigenvalue weighted by Gasteiger charge is -2.32. The zero-order valence-electron chi connectivity index (χ0n) is 11.9. The van der Waals surface area contributed by atoms with Gasteiger partial charge in [0.05, 0.1) is 23.9 Å². The molecule has 0 saturated carbocycles. The van der Waals surface area contributed by atoms with Crippen LogP contribution >= 0.6 is 0 Å². The van der Waals surface area contributed by atoms with E-state index in [1.165, 1.54) is 0 Å². The summed E-state index contributed by atoms with van der Waals surface area (Å²) in [5, 5.41) is 8.35. The molecule has 3 rings (SSSR count). The third-order valence-corrected chi connectivity index (χ3v) is 4.30. The Hall–Kier alpha value is -0.915. The summed E-state index contributed by atoms with van der Waals surface area (Å²) in [4.78, 5) is 0. The van der Waals surface area contributed by atoms with Gasteiger partial charge in [-0.3, -0.25) is 0 Å². The lowest BCUT2D eigenvalue weighted by molar-refractivity contribution is 0.00578. The highest BCUT2D eigenvalue weighted by Crippen LogP contribution is 2.36.